The van der Waals surface area contributed by atoms with E-state index in [2.05, 4.69) is 15.6 Å². The van der Waals surface area contributed by atoms with Crippen molar-refractivity contribution in [2.75, 3.05) is 26.7 Å². The van der Waals surface area contributed by atoms with Crippen LogP contribution in [0.3, 0.4) is 0 Å². The summed E-state index contributed by atoms with van der Waals surface area (Å²) in [5, 5.41) is 11.5. The molecule has 0 bridgehead atoms. The molecule has 7 heteroatoms. The topological polar surface area (TPSA) is 72.3 Å². The summed E-state index contributed by atoms with van der Waals surface area (Å²) in [7, 11) is 1.66. The number of hydrogen-bond acceptors (Lipinski definition) is 5. The molecule has 3 rings (SSSR count). The number of benzene rings is 1. The summed E-state index contributed by atoms with van der Waals surface area (Å²) in [5.41, 5.74) is 1.88. The molecule has 2 heterocycles. The SMILES string of the molecule is CCn1cc(CC(=O)N2CCNC(c3ccc(OC)cc3)C2)nn1. The lowest BCUT2D eigenvalue weighted by Crippen LogP contribution is -2.48. The van der Waals surface area contributed by atoms with Gasteiger partial charge in [-0.1, -0.05) is 17.3 Å². The number of amides is 1. The Morgan fingerprint density at radius 2 is 2.17 bits per heavy atom. The van der Waals surface area contributed by atoms with E-state index >= 15 is 0 Å². The lowest BCUT2D eigenvalue weighted by molar-refractivity contribution is -0.131. The van der Waals surface area contributed by atoms with Gasteiger partial charge in [0, 0.05) is 38.4 Å². The zero-order chi connectivity index (χ0) is 16.9. The molecule has 2 aromatic rings. The highest BCUT2D eigenvalue weighted by Crippen LogP contribution is 2.20. The average molecular weight is 329 g/mol. The molecular weight excluding hydrogens is 306 g/mol. The van der Waals surface area contributed by atoms with Crippen LogP contribution in [0.15, 0.2) is 30.5 Å². The second-order valence-corrected chi connectivity index (χ2v) is 5.86. The number of aryl methyl sites for hydroxylation is 1. The Labute approximate surface area is 141 Å². The highest BCUT2D eigenvalue weighted by atomic mass is 16.5. The molecule has 1 amide bonds. The minimum atomic E-state index is 0.0955. The Balaban J connectivity index is 1.62. The van der Waals surface area contributed by atoms with E-state index in [-0.39, 0.29) is 11.9 Å². The standard InChI is InChI=1S/C17H23N5O2/c1-3-22-11-14(19-20-22)10-17(23)21-9-8-18-16(12-21)13-4-6-15(24-2)7-5-13/h4-7,11,16,18H,3,8-10,12H2,1-2H3. The van der Waals surface area contributed by atoms with Gasteiger partial charge in [0.1, 0.15) is 5.75 Å². The van der Waals surface area contributed by atoms with E-state index in [9.17, 15) is 4.79 Å². The monoisotopic (exact) mass is 329 g/mol. The van der Waals surface area contributed by atoms with Gasteiger partial charge in [-0.3, -0.25) is 9.48 Å². The van der Waals surface area contributed by atoms with Gasteiger partial charge in [0.25, 0.3) is 0 Å². The van der Waals surface area contributed by atoms with E-state index in [0.717, 1.165) is 30.1 Å². The van der Waals surface area contributed by atoms with Crippen LogP contribution in [0.4, 0.5) is 0 Å². The summed E-state index contributed by atoms with van der Waals surface area (Å²) in [6.07, 6.45) is 2.14. The molecule has 1 atom stereocenters. The van der Waals surface area contributed by atoms with Crippen LogP contribution in [-0.4, -0.2) is 52.5 Å². The Kier molecular flexibility index (Phi) is 5.10. The minimum absolute atomic E-state index is 0.0955. The third kappa shape index (κ3) is 3.73. The highest BCUT2D eigenvalue weighted by Gasteiger charge is 2.24. The van der Waals surface area contributed by atoms with E-state index in [4.69, 9.17) is 4.74 Å². The molecule has 0 saturated carbocycles. The van der Waals surface area contributed by atoms with Crippen LogP contribution in [0.2, 0.25) is 0 Å². The highest BCUT2D eigenvalue weighted by molar-refractivity contribution is 5.78. The zero-order valence-electron chi connectivity index (χ0n) is 14.1. The second-order valence-electron chi connectivity index (χ2n) is 5.86. The van der Waals surface area contributed by atoms with Crippen LogP contribution in [0.25, 0.3) is 0 Å². The summed E-state index contributed by atoms with van der Waals surface area (Å²) < 4.78 is 6.93. The maximum Gasteiger partial charge on any atom is 0.228 e. The third-order valence-corrected chi connectivity index (χ3v) is 4.29. The van der Waals surface area contributed by atoms with E-state index in [1.807, 2.05) is 42.3 Å². The lowest BCUT2D eigenvalue weighted by atomic mass is 10.0. The van der Waals surface area contributed by atoms with Crippen molar-refractivity contribution in [3.63, 3.8) is 0 Å². The predicted octanol–water partition coefficient (Wildman–Crippen LogP) is 1.02. The molecule has 0 aliphatic carbocycles. The van der Waals surface area contributed by atoms with Crippen LogP contribution in [0.1, 0.15) is 24.2 Å². The van der Waals surface area contributed by atoms with Crippen LogP contribution in [-0.2, 0) is 17.8 Å². The van der Waals surface area contributed by atoms with Crippen molar-refractivity contribution < 1.29 is 9.53 Å². The van der Waals surface area contributed by atoms with Crippen molar-refractivity contribution in [3.05, 3.63) is 41.7 Å². The van der Waals surface area contributed by atoms with Crippen LogP contribution >= 0.6 is 0 Å². The smallest absolute Gasteiger partial charge is 0.228 e. The van der Waals surface area contributed by atoms with Crippen molar-refractivity contribution in [1.82, 2.24) is 25.2 Å². The van der Waals surface area contributed by atoms with Crippen LogP contribution < -0.4 is 10.1 Å². The molecule has 0 radical (unpaired) electrons. The molecule has 7 nitrogen and oxygen atoms in total. The number of carbonyl (C=O) groups excluding carboxylic acids is 1. The maximum absolute atomic E-state index is 12.5. The number of carbonyl (C=O) groups is 1. The number of methoxy groups -OCH3 is 1. The Hall–Kier alpha value is -2.41. The summed E-state index contributed by atoms with van der Waals surface area (Å²) in [4.78, 5) is 14.4. The van der Waals surface area contributed by atoms with E-state index < -0.39 is 0 Å². The van der Waals surface area contributed by atoms with Crippen molar-refractivity contribution in [3.8, 4) is 5.75 Å². The minimum Gasteiger partial charge on any atom is -0.497 e. The summed E-state index contributed by atoms with van der Waals surface area (Å²) >= 11 is 0. The fourth-order valence-corrected chi connectivity index (χ4v) is 2.88. The van der Waals surface area contributed by atoms with Gasteiger partial charge in [-0.25, -0.2) is 0 Å². The molecule has 0 spiro atoms. The molecule has 1 fully saturated rings. The van der Waals surface area contributed by atoms with Crippen molar-refractivity contribution in [2.24, 2.45) is 0 Å². The fourth-order valence-electron chi connectivity index (χ4n) is 2.88. The molecule has 128 valence electrons. The summed E-state index contributed by atoms with van der Waals surface area (Å²) in [6, 6.07) is 8.11. The van der Waals surface area contributed by atoms with E-state index in [1.54, 1.807) is 11.8 Å². The molecule has 1 aliphatic rings. The third-order valence-electron chi connectivity index (χ3n) is 4.29. The Morgan fingerprint density at radius 1 is 1.38 bits per heavy atom. The molecule has 1 aromatic carbocycles. The fraction of sp³-hybridized carbons (Fsp3) is 0.471. The first kappa shape index (κ1) is 16.4. The number of hydrogen-bond donors (Lipinski definition) is 1. The van der Waals surface area contributed by atoms with Gasteiger partial charge >= 0.3 is 0 Å². The van der Waals surface area contributed by atoms with Gasteiger partial charge < -0.3 is 15.0 Å². The first-order valence-corrected chi connectivity index (χ1v) is 8.23. The number of aromatic nitrogens is 3. The van der Waals surface area contributed by atoms with Crippen LogP contribution in [0.5, 0.6) is 5.75 Å². The normalized spacial score (nSPS) is 17.8. The van der Waals surface area contributed by atoms with Gasteiger partial charge in [-0.15, -0.1) is 5.10 Å². The molecule has 1 aromatic heterocycles. The Morgan fingerprint density at radius 3 is 2.83 bits per heavy atom. The molecule has 24 heavy (non-hydrogen) atoms. The van der Waals surface area contributed by atoms with Gasteiger partial charge in [0.2, 0.25) is 5.91 Å². The zero-order valence-corrected chi connectivity index (χ0v) is 14.1. The van der Waals surface area contributed by atoms with E-state index in [1.165, 1.54) is 0 Å². The number of rotatable bonds is 5. The average Bonchev–Trinajstić information content (AvgIpc) is 3.09. The van der Waals surface area contributed by atoms with Crippen molar-refractivity contribution >= 4 is 5.91 Å². The number of ether oxygens (including phenoxy) is 1. The molecule has 1 N–H and O–H groups in total. The first-order chi connectivity index (χ1) is 11.7. The number of nitrogens with zero attached hydrogens (tertiary/aromatic N) is 4. The summed E-state index contributed by atoms with van der Waals surface area (Å²) in [6.45, 7) is 4.91. The van der Waals surface area contributed by atoms with E-state index in [0.29, 0.717) is 19.5 Å². The molecule has 1 saturated heterocycles. The van der Waals surface area contributed by atoms with Crippen molar-refractivity contribution in [2.45, 2.75) is 25.9 Å². The molecule has 1 aliphatic heterocycles. The van der Waals surface area contributed by atoms with Gasteiger partial charge in [0.15, 0.2) is 0 Å². The number of nitrogens with one attached hydrogen (secondary N) is 1. The predicted molar refractivity (Wildman–Crippen MR) is 89.7 cm³/mol. The van der Waals surface area contributed by atoms with Gasteiger partial charge in [-0.05, 0) is 24.6 Å². The molecular formula is C17H23N5O2. The van der Waals surface area contributed by atoms with Crippen LogP contribution in [0, 0.1) is 0 Å². The first-order valence-electron chi connectivity index (χ1n) is 8.23. The largest absolute Gasteiger partial charge is 0.497 e. The maximum atomic E-state index is 12.5. The molecule has 1 unspecified atom stereocenters. The summed E-state index contributed by atoms with van der Waals surface area (Å²) in [5.74, 6) is 0.930. The lowest BCUT2D eigenvalue weighted by Gasteiger charge is -2.34. The van der Waals surface area contributed by atoms with Gasteiger partial charge in [-0.2, -0.15) is 0 Å². The second kappa shape index (κ2) is 7.44. The van der Waals surface area contributed by atoms with Gasteiger partial charge in [0.05, 0.1) is 19.2 Å². The quantitative estimate of drug-likeness (QED) is 0.887. The Bertz CT molecular complexity index is 683. The van der Waals surface area contributed by atoms with Crippen molar-refractivity contribution in [1.29, 1.82) is 0 Å². The number of piperazine rings is 1.